The molecule has 1 rings (SSSR count). The fourth-order valence-corrected chi connectivity index (χ4v) is 2.03. The van der Waals surface area contributed by atoms with Crippen LogP contribution in [0.4, 0.5) is 4.39 Å². The van der Waals surface area contributed by atoms with Crippen molar-refractivity contribution in [3.05, 3.63) is 35.1 Å². The van der Waals surface area contributed by atoms with E-state index < -0.39 is 0 Å². The molecule has 1 unspecified atom stereocenters. The van der Waals surface area contributed by atoms with Crippen molar-refractivity contribution in [2.45, 2.75) is 39.7 Å². The van der Waals surface area contributed by atoms with Crippen molar-refractivity contribution < 1.29 is 4.39 Å². The Labute approximate surface area is 98.1 Å². The Morgan fingerprint density at radius 1 is 1.31 bits per heavy atom. The number of halogens is 1. The van der Waals surface area contributed by atoms with E-state index in [1.54, 1.807) is 12.1 Å². The Morgan fingerprint density at radius 3 is 2.50 bits per heavy atom. The van der Waals surface area contributed by atoms with Crippen LogP contribution in [0.5, 0.6) is 0 Å². The van der Waals surface area contributed by atoms with E-state index in [-0.39, 0.29) is 5.82 Å². The summed E-state index contributed by atoms with van der Waals surface area (Å²) in [6.07, 6.45) is 2.12. The zero-order valence-electron chi connectivity index (χ0n) is 10.7. The highest BCUT2D eigenvalue weighted by atomic mass is 19.1. The summed E-state index contributed by atoms with van der Waals surface area (Å²) in [6.45, 7) is 6.42. The van der Waals surface area contributed by atoms with Gasteiger partial charge in [0.15, 0.2) is 0 Å². The van der Waals surface area contributed by atoms with Gasteiger partial charge < -0.3 is 5.32 Å². The topological polar surface area (TPSA) is 12.0 Å². The molecule has 1 aromatic carbocycles. The number of likely N-dealkylation sites (N-methyl/N-ethyl adjacent to an activating group) is 1. The maximum atomic E-state index is 13.0. The molecular weight excluding hydrogens is 201 g/mol. The molecule has 0 aromatic heterocycles. The third-order valence-corrected chi connectivity index (χ3v) is 2.94. The molecule has 0 aliphatic carbocycles. The first-order valence-corrected chi connectivity index (χ1v) is 5.95. The summed E-state index contributed by atoms with van der Waals surface area (Å²) in [4.78, 5) is 0. The standard InChI is InChI=1S/C14H22FN/c1-10(2)7-14(16-4)9-12-5-6-13(15)8-11(12)3/h5-6,8,10,14,16H,7,9H2,1-4H3. The number of nitrogens with one attached hydrogen (secondary N) is 1. The molecule has 0 radical (unpaired) electrons. The second-order valence-electron chi connectivity index (χ2n) is 4.89. The van der Waals surface area contributed by atoms with Gasteiger partial charge in [0.25, 0.3) is 0 Å². The zero-order chi connectivity index (χ0) is 12.1. The van der Waals surface area contributed by atoms with E-state index in [1.165, 1.54) is 5.56 Å². The molecule has 0 spiro atoms. The highest BCUT2D eigenvalue weighted by Gasteiger charge is 2.11. The molecule has 16 heavy (non-hydrogen) atoms. The van der Waals surface area contributed by atoms with Crippen molar-refractivity contribution in [2.75, 3.05) is 7.05 Å². The van der Waals surface area contributed by atoms with Gasteiger partial charge in [-0.3, -0.25) is 0 Å². The second kappa shape index (κ2) is 6.00. The van der Waals surface area contributed by atoms with Crippen LogP contribution in [0.15, 0.2) is 18.2 Å². The van der Waals surface area contributed by atoms with Crippen molar-refractivity contribution in [3.63, 3.8) is 0 Å². The number of hydrogen-bond acceptors (Lipinski definition) is 1. The summed E-state index contributed by atoms with van der Waals surface area (Å²) in [5.74, 6) is 0.532. The zero-order valence-corrected chi connectivity index (χ0v) is 10.7. The van der Waals surface area contributed by atoms with Crippen LogP contribution < -0.4 is 5.32 Å². The molecule has 0 aliphatic rings. The van der Waals surface area contributed by atoms with E-state index in [9.17, 15) is 4.39 Å². The van der Waals surface area contributed by atoms with Gasteiger partial charge in [-0.1, -0.05) is 19.9 Å². The summed E-state index contributed by atoms with van der Waals surface area (Å²) < 4.78 is 13.0. The molecule has 0 fully saturated rings. The predicted molar refractivity (Wildman–Crippen MR) is 67.1 cm³/mol. The smallest absolute Gasteiger partial charge is 0.123 e. The Balaban J connectivity index is 2.70. The Bertz CT molecular complexity index is 334. The minimum atomic E-state index is -0.147. The van der Waals surface area contributed by atoms with Crippen molar-refractivity contribution in [1.82, 2.24) is 5.32 Å². The summed E-state index contributed by atoms with van der Waals surface area (Å²) in [5, 5.41) is 3.33. The van der Waals surface area contributed by atoms with Crippen LogP contribution in [-0.2, 0) is 6.42 Å². The van der Waals surface area contributed by atoms with Gasteiger partial charge in [-0.05, 0) is 56.0 Å². The van der Waals surface area contributed by atoms with Crippen molar-refractivity contribution in [3.8, 4) is 0 Å². The Morgan fingerprint density at radius 2 is 2.00 bits per heavy atom. The summed E-state index contributed by atoms with van der Waals surface area (Å²) in [5.41, 5.74) is 2.28. The average Bonchev–Trinajstić information content (AvgIpc) is 2.20. The first kappa shape index (κ1) is 13.2. The summed E-state index contributed by atoms with van der Waals surface area (Å²) in [7, 11) is 1.99. The number of benzene rings is 1. The highest BCUT2D eigenvalue weighted by molar-refractivity contribution is 5.27. The van der Waals surface area contributed by atoms with Gasteiger partial charge in [0.1, 0.15) is 5.82 Å². The molecule has 1 atom stereocenters. The first-order valence-electron chi connectivity index (χ1n) is 5.95. The lowest BCUT2D eigenvalue weighted by Gasteiger charge is -2.19. The van der Waals surface area contributed by atoms with Crippen LogP contribution in [0.3, 0.4) is 0 Å². The Kier molecular flexibility index (Phi) is 4.94. The van der Waals surface area contributed by atoms with Crippen LogP contribution in [0.2, 0.25) is 0 Å². The number of aryl methyl sites for hydroxylation is 1. The molecule has 0 saturated heterocycles. The number of rotatable bonds is 5. The predicted octanol–water partition coefficient (Wildman–Crippen LogP) is 3.31. The molecule has 1 nitrogen and oxygen atoms in total. The van der Waals surface area contributed by atoms with E-state index in [0.717, 1.165) is 18.4 Å². The van der Waals surface area contributed by atoms with Gasteiger partial charge in [0.05, 0.1) is 0 Å². The quantitative estimate of drug-likeness (QED) is 0.807. The molecule has 0 bridgehead atoms. The first-order chi connectivity index (χ1) is 7.52. The van der Waals surface area contributed by atoms with E-state index in [2.05, 4.69) is 19.2 Å². The minimum Gasteiger partial charge on any atom is -0.317 e. The van der Waals surface area contributed by atoms with Gasteiger partial charge in [0, 0.05) is 6.04 Å². The highest BCUT2D eigenvalue weighted by Crippen LogP contribution is 2.15. The van der Waals surface area contributed by atoms with Crippen LogP contribution in [0.1, 0.15) is 31.4 Å². The SMILES string of the molecule is CNC(Cc1ccc(F)cc1C)CC(C)C. The van der Waals surface area contributed by atoms with E-state index in [4.69, 9.17) is 0 Å². The van der Waals surface area contributed by atoms with Gasteiger partial charge >= 0.3 is 0 Å². The lowest BCUT2D eigenvalue weighted by molar-refractivity contribution is 0.440. The second-order valence-corrected chi connectivity index (χ2v) is 4.89. The molecule has 1 N–H and O–H groups in total. The maximum Gasteiger partial charge on any atom is 0.123 e. The normalized spacial score (nSPS) is 13.1. The van der Waals surface area contributed by atoms with Crippen LogP contribution in [-0.4, -0.2) is 13.1 Å². The van der Waals surface area contributed by atoms with Gasteiger partial charge in [-0.2, -0.15) is 0 Å². The molecule has 0 heterocycles. The largest absolute Gasteiger partial charge is 0.317 e. The van der Waals surface area contributed by atoms with E-state index in [1.807, 2.05) is 20.0 Å². The Hall–Kier alpha value is -0.890. The lowest BCUT2D eigenvalue weighted by atomic mass is 9.95. The molecule has 90 valence electrons. The summed E-state index contributed by atoms with van der Waals surface area (Å²) in [6, 6.07) is 5.53. The van der Waals surface area contributed by atoms with Crippen LogP contribution in [0, 0.1) is 18.7 Å². The fraction of sp³-hybridized carbons (Fsp3) is 0.571. The van der Waals surface area contributed by atoms with Crippen molar-refractivity contribution in [1.29, 1.82) is 0 Å². The molecule has 1 aromatic rings. The van der Waals surface area contributed by atoms with E-state index in [0.29, 0.717) is 12.0 Å². The van der Waals surface area contributed by atoms with Crippen molar-refractivity contribution in [2.24, 2.45) is 5.92 Å². The maximum absolute atomic E-state index is 13.0. The van der Waals surface area contributed by atoms with Crippen LogP contribution >= 0.6 is 0 Å². The third-order valence-electron chi connectivity index (χ3n) is 2.94. The molecule has 0 saturated carbocycles. The lowest BCUT2D eigenvalue weighted by Crippen LogP contribution is -2.29. The molecule has 0 amide bonds. The number of hydrogen-bond donors (Lipinski definition) is 1. The monoisotopic (exact) mass is 223 g/mol. The van der Waals surface area contributed by atoms with Crippen molar-refractivity contribution >= 4 is 0 Å². The molecule has 0 aliphatic heterocycles. The fourth-order valence-electron chi connectivity index (χ4n) is 2.03. The molecular formula is C14H22FN. The minimum absolute atomic E-state index is 0.147. The van der Waals surface area contributed by atoms with E-state index >= 15 is 0 Å². The van der Waals surface area contributed by atoms with Gasteiger partial charge in [-0.25, -0.2) is 4.39 Å². The third kappa shape index (κ3) is 3.93. The van der Waals surface area contributed by atoms with Crippen LogP contribution in [0.25, 0.3) is 0 Å². The average molecular weight is 223 g/mol. The summed E-state index contributed by atoms with van der Waals surface area (Å²) >= 11 is 0. The van der Waals surface area contributed by atoms with Gasteiger partial charge in [0.2, 0.25) is 0 Å². The molecule has 2 heteroatoms. The van der Waals surface area contributed by atoms with Gasteiger partial charge in [-0.15, -0.1) is 0 Å².